The number of benzene rings is 3. The summed E-state index contributed by atoms with van der Waals surface area (Å²) in [5.41, 5.74) is 3.82. The third-order valence-electron chi connectivity index (χ3n) is 3.42. The molecule has 19 heavy (non-hydrogen) atoms. The van der Waals surface area contributed by atoms with Crippen LogP contribution in [0, 0.1) is 6.92 Å². The van der Waals surface area contributed by atoms with Gasteiger partial charge in [0.2, 0.25) is 0 Å². The number of hydrogen-bond donors (Lipinski definition) is 0. The van der Waals surface area contributed by atoms with Gasteiger partial charge < -0.3 is 0 Å². The van der Waals surface area contributed by atoms with Crippen molar-refractivity contribution in [1.82, 2.24) is 0 Å². The molecule has 0 saturated heterocycles. The average Bonchev–Trinajstić information content (AvgIpc) is 2.46. The minimum atomic E-state index is 1.24. The smallest absolute Gasteiger partial charge is 0.0178 e. The molecule has 0 amide bonds. The normalized spacial score (nSPS) is 11.2. The van der Waals surface area contributed by atoms with Crippen molar-refractivity contribution in [3.05, 3.63) is 83.4 Å². The number of aryl methyl sites for hydroxylation is 1. The largest absolute Gasteiger partial charge is 0.0620 e. The first kappa shape index (κ1) is 11.7. The monoisotopic (exact) mass is 244 g/mol. The Hall–Kier alpha value is -2.34. The molecule has 0 N–H and O–H groups in total. The van der Waals surface area contributed by atoms with Gasteiger partial charge in [0.25, 0.3) is 0 Å². The highest BCUT2D eigenvalue weighted by Gasteiger charge is 1.94. The molecule has 0 aromatic heterocycles. The molecule has 0 nitrogen and oxygen atoms in total. The zero-order chi connectivity index (χ0) is 13.1. The van der Waals surface area contributed by atoms with E-state index in [9.17, 15) is 0 Å². The van der Waals surface area contributed by atoms with Gasteiger partial charge in [-0.25, -0.2) is 0 Å². The summed E-state index contributed by atoms with van der Waals surface area (Å²) in [4.78, 5) is 0. The molecule has 0 aliphatic heterocycles. The van der Waals surface area contributed by atoms with Gasteiger partial charge in [-0.05, 0) is 40.5 Å². The lowest BCUT2D eigenvalue weighted by molar-refractivity contribution is 1.45. The summed E-state index contributed by atoms with van der Waals surface area (Å²) in [6.45, 7) is 2.14. The van der Waals surface area contributed by atoms with Gasteiger partial charge in [0.1, 0.15) is 0 Å². The van der Waals surface area contributed by atoms with E-state index in [4.69, 9.17) is 0 Å². The zero-order valence-corrected chi connectivity index (χ0v) is 11.0. The SMILES string of the molecule is Cc1ccccc1C=Cc1ccc2ccccc2c1. The quantitative estimate of drug-likeness (QED) is 0.535. The van der Waals surface area contributed by atoms with E-state index in [1.165, 1.54) is 27.5 Å². The molecular weight excluding hydrogens is 228 g/mol. The second kappa shape index (κ2) is 5.11. The van der Waals surface area contributed by atoms with Crippen molar-refractivity contribution < 1.29 is 0 Å². The van der Waals surface area contributed by atoms with Crippen LogP contribution in [0.3, 0.4) is 0 Å². The van der Waals surface area contributed by atoms with Gasteiger partial charge in [0.05, 0.1) is 0 Å². The molecule has 0 bridgehead atoms. The Bertz CT molecular complexity index is 736. The highest BCUT2D eigenvalue weighted by atomic mass is 14.0. The van der Waals surface area contributed by atoms with E-state index in [1.54, 1.807) is 0 Å². The molecule has 0 radical (unpaired) electrons. The fraction of sp³-hybridized carbons (Fsp3) is 0.0526. The topological polar surface area (TPSA) is 0 Å². The summed E-state index contributed by atoms with van der Waals surface area (Å²) in [5.74, 6) is 0. The molecule has 0 spiro atoms. The minimum Gasteiger partial charge on any atom is -0.0620 e. The van der Waals surface area contributed by atoms with Gasteiger partial charge in [-0.15, -0.1) is 0 Å². The van der Waals surface area contributed by atoms with Crippen molar-refractivity contribution in [1.29, 1.82) is 0 Å². The van der Waals surface area contributed by atoms with Crippen LogP contribution in [0.5, 0.6) is 0 Å². The van der Waals surface area contributed by atoms with Crippen molar-refractivity contribution in [3.63, 3.8) is 0 Å². The molecule has 3 aromatic carbocycles. The number of fused-ring (bicyclic) bond motifs is 1. The Kier molecular flexibility index (Phi) is 3.16. The van der Waals surface area contributed by atoms with E-state index in [0.717, 1.165) is 0 Å². The fourth-order valence-corrected chi connectivity index (χ4v) is 2.27. The summed E-state index contributed by atoms with van der Waals surface area (Å²) < 4.78 is 0. The lowest BCUT2D eigenvalue weighted by Crippen LogP contribution is -1.79. The maximum atomic E-state index is 2.23. The number of rotatable bonds is 2. The molecule has 0 heteroatoms. The Balaban J connectivity index is 1.95. The van der Waals surface area contributed by atoms with Crippen LogP contribution in [0.15, 0.2) is 66.7 Å². The first-order chi connectivity index (χ1) is 9.33. The average molecular weight is 244 g/mol. The predicted molar refractivity (Wildman–Crippen MR) is 84.1 cm³/mol. The molecule has 0 heterocycles. The molecule has 0 atom stereocenters. The molecule has 92 valence electrons. The molecule has 0 aliphatic rings. The minimum absolute atomic E-state index is 1.24. The Morgan fingerprint density at radius 3 is 2.26 bits per heavy atom. The Morgan fingerprint density at radius 2 is 1.42 bits per heavy atom. The van der Waals surface area contributed by atoms with Gasteiger partial charge in [0.15, 0.2) is 0 Å². The molecule has 0 saturated carbocycles. The second-order valence-electron chi connectivity index (χ2n) is 4.80. The molecule has 0 unspecified atom stereocenters. The highest BCUT2D eigenvalue weighted by molar-refractivity contribution is 5.86. The summed E-state index contributed by atoms with van der Waals surface area (Å²) in [5, 5.41) is 2.57. The van der Waals surface area contributed by atoms with Crippen molar-refractivity contribution in [2.75, 3.05) is 0 Å². The van der Waals surface area contributed by atoms with Crippen LogP contribution >= 0.6 is 0 Å². The maximum absolute atomic E-state index is 2.23. The summed E-state index contributed by atoms with van der Waals surface area (Å²) in [7, 11) is 0. The summed E-state index contributed by atoms with van der Waals surface area (Å²) >= 11 is 0. The molecule has 0 aliphatic carbocycles. The van der Waals surface area contributed by atoms with Gasteiger partial charge >= 0.3 is 0 Å². The van der Waals surface area contributed by atoms with Crippen LogP contribution < -0.4 is 0 Å². The van der Waals surface area contributed by atoms with E-state index in [1.807, 2.05) is 0 Å². The Morgan fingerprint density at radius 1 is 0.684 bits per heavy atom. The van der Waals surface area contributed by atoms with E-state index in [2.05, 4.69) is 85.8 Å². The Labute approximate surface area is 114 Å². The van der Waals surface area contributed by atoms with Crippen LogP contribution in [0.1, 0.15) is 16.7 Å². The standard InChI is InChI=1S/C19H16/c1-15-6-2-3-7-17(15)12-10-16-11-13-18-8-4-5-9-19(18)14-16/h2-14H,1H3. The van der Waals surface area contributed by atoms with Crippen molar-refractivity contribution >= 4 is 22.9 Å². The van der Waals surface area contributed by atoms with Crippen molar-refractivity contribution in [2.45, 2.75) is 6.92 Å². The maximum Gasteiger partial charge on any atom is -0.0178 e. The van der Waals surface area contributed by atoms with Crippen LogP contribution in [0.25, 0.3) is 22.9 Å². The van der Waals surface area contributed by atoms with E-state index >= 15 is 0 Å². The lowest BCUT2D eigenvalue weighted by Gasteiger charge is -2.01. The fourth-order valence-electron chi connectivity index (χ4n) is 2.27. The lowest BCUT2D eigenvalue weighted by atomic mass is 10.0. The van der Waals surface area contributed by atoms with E-state index in [0.29, 0.717) is 0 Å². The third kappa shape index (κ3) is 2.58. The molecular formula is C19H16. The van der Waals surface area contributed by atoms with Crippen molar-refractivity contribution in [2.24, 2.45) is 0 Å². The van der Waals surface area contributed by atoms with Crippen LogP contribution in [0.2, 0.25) is 0 Å². The molecule has 3 rings (SSSR count). The first-order valence-electron chi connectivity index (χ1n) is 6.55. The van der Waals surface area contributed by atoms with Crippen molar-refractivity contribution in [3.8, 4) is 0 Å². The van der Waals surface area contributed by atoms with E-state index < -0.39 is 0 Å². The van der Waals surface area contributed by atoms with Gasteiger partial charge in [-0.2, -0.15) is 0 Å². The summed E-state index contributed by atoms with van der Waals surface area (Å²) in [6.07, 6.45) is 4.36. The van der Waals surface area contributed by atoms with Crippen LogP contribution in [-0.2, 0) is 0 Å². The number of hydrogen-bond acceptors (Lipinski definition) is 0. The zero-order valence-electron chi connectivity index (χ0n) is 11.0. The molecule has 0 fully saturated rings. The van der Waals surface area contributed by atoms with Crippen LogP contribution in [0.4, 0.5) is 0 Å². The van der Waals surface area contributed by atoms with Gasteiger partial charge in [-0.1, -0.05) is 72.8 Å². The summed E-state index contributed by atoms with van der Waals surface area (Å²) in [6, 6.07) is 23.4. The second-order valence-corrected chi connectivity index (χ2v) is 4.80. The molecule has 3 aromatic rings. The van der Waals surface area contributed by atoms with E-state index in [-0.39, 0.29) is 0 Å². The first-order valence-corrected chi connectivity index (χ1v) is 6.55. The van der Waals surface area contributed by atoms with Gasteiger partial charge in [0, 0.05) is 0 Å². The van der Waals surface area contributed by atoms with Crippen LogP contribution in [-0.4, -0.2) is 0 Å². The van der Waals surface area contributed by atoms with Gasteiger partial charge in [-0.3, -0.25) is 0 Å². The third-order valence-corrected chi connectivity index (χ3v) is 3.42. The highest BCUT2D eigenvalue weighted by Crippen LogP contribution is 2.18. The predicted octanol–water partition coefficient (Wildman–Crippen LogP) is 5.32.